The van der Waals surface area contributed by atoms with Crippen LogP contribution in [0.2, 0.25) is 5.02 Å². The Labute approximate surface area is 187 Å². The van der Waals surface area contributed by atoms with E-state index < -0.39 is 12.1 Å². The number of carbonyl (C=O) groups excluding carboxylic acids is 3. The second-order valence-corrected chi connectivity index (χ2v) is 8.12. The zero-order valence-corrected chi connectivity index (χ0v) is 17.8. The van der Waals surface area contributed by atoms with Crippen molar-refractivity contribution in [3.05, 3.63) is 64.6 Å². The number of benzene rings is 1. The molecule has 8 nitrogen and oxygen atoms in total. The van der Waals surface area contributed by atoms with Crippen molar-refractivity contribution in [1.82, 2.24) is 20.2 Å². The minimum absolute atomic E-state index is 0.0646. The van der Waals surface area contributed by atoms with Crippen LogP contribution in [0.4, 0.5) is 9.93 Å². The lowest BCUT2D eigenvalue weighted by molar-refractivity contribution is -0.128. The lowest BCUT2D eigenvalue weighted by Gasteiger charge is -2.14. The number of imide groups is 1. The van der Waals surface area contributed by atoms with Crippen LogP contribution in [0.15, 0.2) is 54.0 Å². The maximum absolute atomic E-state index is 12.6. The molecule has 0 aliphatic carbocycles. The Morgan fingerprint density at radius 1 is 1.16 bits per heavy atom. The lowest BCUT2D eigenvalue weighted by atomic mass is 10.1. The van der Waals surface area contributed by atoms with E-state index >= 15 is 0 Å². The third-order valence-corrected chi connectivity index (χ3v) is 5.86. The predicted octanol–water partition coefficient (Wildman–Crippen LogP) is 3.70. The highest BCUT2D eigenvalue weighted by atomic mass is 35.5. The maximum Gasteiger partial charge on any atom is 0.325 e. The van der Waals surface area contributed by atoms with Crippen molar-refractivity contribution in [2.24, 2.45) is 0 Å². The van der Waals surface area contributed by atoms with Crippen molar-refractivity contribution in [2.75, 3.05) is 5.32 Å². The molecule has 2 aromatic heterocycles. The van der Waals surface area contributed by atoms with E-state index in [1.807, 2.05) is 23.6 Å². The molecular formula is C21H18ClN5O3S. The van der Waals surface area contributed by atoms with E-state index in [2.05, 4.69) is 20.6 Å². The molecule has 0 bridgehead atoms. The molecule has 1 aromatic carbocycles. The van der Waals surface area contributed by atoms with Crippen LogP contribution in [-0.2, 0) is 16.1 Å². The maximum atomic E-state index is 12.6. The Morgan fingerprint density at radius 2 is 1.97 bits per heavy atom. The first-order chi connectivity index (χ1) is 15.0. The van der Waals surface area contributed by atoms with Crippen LogP contribution in [-0.4, -0.2) is 38.8 Å². The fourth-order valence-corrected chi connectivity index (χ4v) is 4.06. The summed E-state index contributed by atoms with van der Waals surface area (Å²) in [5.74, 6) is -0.655. The van der Waals surface area contributed by atoms with E-state index in [1.54, 1.807) is 30.5 Å². The average Bonchev–Trinajstić information content (AvgIpc) is 3.34. The van der Waals surface area contributed by atoms with Gasteiger partial charge in [-0.3, -0.25) is 19.5 Å². The number of nitrogens with one attached hydrogen (secondary N) is 2. The molecule has 0 radical (unpaired) electrons. The van der Waals surface area contributed by atoms with Crippen LogP contribution in [0.25, 0.3) is 11.4 Å². The largest absolute Gasteiger partial charge is 0.326 e. The number of amides is 4. The number of halogens is 1. The number of anilines is 1. The van der Waals surface area contributed by atoms with Gasteiger partial charge in [0, 0.05) is 23.0 Å². The molecule has 4 rings (SSSR count). The SMILES string of the molecule is O=C(CCC1NC(=O)N(Cc2ccccc2Cl)C1=O)Nc1nc(-c2ccccn2)cs1. The molecule has 158 valence electrons. The van der Waals surface area contributed by atoms with Gasteiger partial charge in [0.2, 0.25) is 5.91 Å². The molecule has 1 aliphatic heterocycles. The van der Waals surface area contributed by atoms with E-state index in [0.29, 0.717) is 21.4 Å². The monoisotopic (exact) mass is 455 g/mol. The summed E-state index contributed by atoms with van der Waals surface area (Å²) in [5.41, 5.74) is 2.07. The van der Waals surface area contributed by atoms with Crippen LogP contribution in [0.3, 0.4) is 0 Å². The lowest BCUT2D eigenvalue weighted by Crippen LogP contribution is -2.31. The molecular weight excluding hydrogens is 438 g/mol. The highest BCUT2D eigenvalue weighted by Gasteiger charge is 2.38. The zero-order chi connectivity index (χ0) is 21.8. The number of carbonyl (C=O) groups is 3. The van der Waals surface area contributed by atoms with Crippen molar-refractivity contribution >= 4 is 45.9 Å². The molecule has 3 aromatic rings. The second kappa shape index (κ2) is 9.23. The number of pyridine rings is 1. The molecule has 1 saturated heterocycles. The Hall–Kier alpha value is -3.30. The number of hydrogen-bond acceptors (Lipinski definition) is 6. The van der Waals surface area contributed by atoms with Crippen LogP contribution in [0.1, 0.15) is 18.4 Å². The molecule has 1 unspecified atom stereocenters. The third-order valence-electron chi connectivity index (χ3n) is 4.73. The standard InChI is InChI=1S/C21H18ClN5O3S/c22-14-6-2-1-5-13(14)11-27-19(29)16(25-21(27)30)8-9-18(28)26-20-24-17(12-31-20)15-7-3-4-10-23-15/h1-7,10,12,16H,8-9,11H2,(H,25,30)(H,24,26,28). The summed E-state index contributed by atoms with van der Waals surface area (Å²) in [5, 5.41) is 8.11. The molecule has 10 heteroatoms. The van der Waals surface area contributed by atoms with Crippen molar-refractivity contribution in [1.29, 1.82) is 0 Å². The Kier molecular flexibility index (Phi) is 6.24. The molecule has 0 saturated carbocycles. The fourth-order valence-electron chi connectivity index (χ4n) is 3.14. The van der Waals surface area contributed by atoms with Crippen LogP contribution < -0.4 is 10.6 Å². The van der Waals surface area contributed by atoms with Crippen LogP contribution in [0, 0.1) is 0 Å². The molecule has 1 aliphatic rings. The number of rotatable bonds is 7. The molecule has 4 amide bonds. The summed E-state index contributed by atoms with van der Waals surface area (Å²) in [6.45, 7) is 0.0858. The van der Waals surface area contributed by atoms with E-state index in [0.717, 1.165) is 10.6 Å². The van der Waals surface area contributed by atoms with E-state index in [-0.39, 0.29) is 31.2 Å². The van der Waals surface area contributed by atoms with Gasteiger partial charge in [0.15, 0.2) is 5.13 Å². The minimum atomic E-state index is -0.749. The highest BCUT2D eigenvalue weighted by molar-refractivity contribution is 7.14. The Balaban J connectivity index is 1.31. The fraction of sp³-hybridized carbons (Fsp3) is 0.190. The summed E-state index contributed by atoms with van der Waals surface area (Å²) in [7, 11) is 0. The molecule has 31 heavy (non-hydrogen) atoms. The Bertz CT molecular complexity index is 1120. The van der Waals surface area contributed by atoms with Gasteiger partial charge in [-0.2, -0.15) is 0 Å². The number of aromatic nitrogens is 2. The van der Waals surface area contributed by atoms with Crippen LogP contribution in [0.5, 0.6) is 0 Å². The molecule has 1 fully saturated rings. The van der Waals surface area contributed by atoms with E-state index in [4.69, 9.17) is 11.6 Å². The summed E-state index contributed by atoms with van der Waals surface area (Å²) in [6.07, 6.45) is 1.93. The first-order valence-corrected chi connectivity index (χ1v) is 10.8. The molecule has 3 heterocycles. The van der Waals surface area contributed by atoms with Crippen molar-refractivity contribution in [2.45, 2.75) is 25.4 Å². The highest BCUT2D eigenvalue weighted by Crippen LogP contribution is 2.24. The molecule has 1 atom stereocenters. The van der Waals surface area contributed by atoms with Gasteiger partial charge in [0.05, 0.1) is 12.2 Å². The van der Waals surface area contributed by atoms with Crippen molar-refractivity contribution in [3.8, 4) is 11.4 Å². The molecule has 2 N–H and O–H groups in total. The van der Waals surface area contributed by atoms with Gasteiger partial charge in [-0.05, 0) is 30.2 Å². The smallest absolute Gasteiger partial charge is 0.325 e. The second-order valence-electron chi connectivity index (χ2n) is 6.86. The topological polar surface area (TPSA) is 104 Å². The summed E-state index contributed by atoms with van der Waals surface area (Å²) in [4.78, 5) is 46.8. The van der Waals surface area contributed by atoms with Crippen molar-refractivity contribution in [3.63, 3.8) is 0 Å². The summed E-state index contributed by atoms with van der Waals surface area (Å²) in [6, 6.07) is 11.3. The Morgan fingerprint density at radius 3 is 2.74 bits per heavy atom. The first kappa shape index (κ1) is 21.0. The van der Waals surface area contributed by atoms with E-state index in [9.17, 15) is 14.4 Å². The predicted molar refractivity (Wildman–Crippen MR) is 118 cm³/mol. The van der Waals surface area contributed by atoms with Gasteiger partial charge in [0.25, 0.3) is 5.91 Å². The summed E-state index contributed by atoms with van der Waals surface area (Å²) >= 11 is 7.42. The van der Waals surface area contributed by atoms with Gasteiger partial charge in [0.1, 0.15) is 11.7 Å². The zero-order valence-electron chi connectivity index (χ0n) is 16.2. The quantitative estimate of drug-likeness (QED) is 0.528. The minimum Gasteiger partial charge on any atom is -0.326 e. The van der Waals surface area contributed by atoms with Crippen LogP contribution >= 0.6 is 22.9 Å². The van der Waals surface area contributed by atoms with Crippen molar-refractivity contribution < 1.29 is 14.4 Å². The van der Waals surface area contributed by atoms with Gasteiger partial charge in [-0.15, -0.1) is 11.3 Å². The van der Waals surface area contributed by atoms with Gasteiger partial charge >= 0.3 is 6.03 Å². The van der Waals surface area contributed by atoms with Gasteiger partial charge in [-0.1, -0.05) is 35.9 Å². The average molecular weight is 456 g/mol. The van der Waals surface area contributed by atoms with Gasteiger partial charge in [-0.25, -0.2) is 9.78 Å². The first-order valence-electron chi connectivity index (χ1n) is 9.53. The third kappa shape index (κ3) is 4.89. The number of hydrogen-bond donors (Lipinski definition) is 2. The normalized spacial score (nSPS) is 15.8. The number of urea groups is 1. The molecule has 0 spiro atoms. The number of thiazole rings is 1. The van der Waals surface area contributed by atoms with Gasteiger partial charge < -0.3 is 10.6 Å². The van der Waals surface area contributed by atoms with E-state index in [1.165, 1.54) is 11.3 Å². The number of nitrogens with zero attached hydrogens (tertiary/aromatic N) is 3. The summed E-state index contributed by atoms with van der Waals surface area (Å²) < 4.78 is 0.